The molecule has 1 aliphatic heterocycles. The number of hydrogen-bond acceptors (Lipinski definition) is 4. The lowest BCUT2D eigenvalue weighted by Gasteiger charge is -2.22. The van der Waals surface area contributed by atoms with Crippen LogP contribution < -0.4 is 10.1 Å². The van der Waals surface area contributed by atoms with E-state index in [0.29, 0.717) is 5.92 Å². The van der Waals surface area contributed by atoms with Gasteiger partial charge in [0.05, 0.1) is 6.61 Å². The lowest BCUT2D eigenvalue weighted by molar-refractivity contribution is 0.246. The second-order valence-electron chi connectivity index (χ2n) is 5.71. The van der Waals surface area contributed by atoms with Crippen molar-refractivity contribution in [3.8, 4) is 5.88 Å². The molecule has 0 spiro atoms. The van der Waals surface area contributed by atoms with E-state index in [-0.39, 0.29) is 0 Å². The monoisotopic (exact) mass is 263 g/mol. The van der Waals surface area contributed by atoms with Crippen LogP contribution in [0.5, 0.6) is 5.88 Å². The predicted octanol–water partition coefficient (Wildman–Crippen LogP) is 2.68. The average molecular weight is 263 g/mol. The van der Waals surface area contributed by atoms with Crippen molar-refractivity contribution in [2.75, 3.05) is 19.7 Å². The van der Waals surface area contributed by atoms with Crippen LogP contribution in [0.2, 0.25) is 0 Å². The second kappa shape index (κ2) is 6.85. The SMILES string of the molecule is Cc1cc(OCCC2CCCNC2)nc(C(C)C)n1. The van der Waals surface area contributed by atoms with Gasteiger partial charge in [0.2, 0.25) is 5.88 Å². The molecule has 1 atom stereocenters. The summed E-state index contributed by atoms with van der Waals surface area (Å²) in [5.41, 5.74) is 0.980. The zero-order valence-corrected chi connectivity index (χ0v) is 12.3. The summed E-state index contributed by atoms with van der Waals surface area (Å²) in [5.74, 6) is 2.68. The van der Waals surface area contributed by atoms with Gasteiger partial charge in [0.15, 0.2) is 0 Å². The number of rotatable bonds is 5. The van der Waals surface area contributed by atoms with Crippen molar-refractivity contribution in [3.63, 3.8) is 0 Å². The van der Waals surface area contributed by atoms with Crippen LogP contribution in [0.25, 0.3) is 0 Å². The van der Waals surface area contributed by atoms with E-state index >= 15 is 0 Å². The van der Waals surface area contributed by atoms with Gasteiger partial charge in [-0.2, -0.15) is 4.98 Å². The first-order valence-electron chi connectivity index (χ1n) is 7.34. The maximum atomic E-state index is 5.80. The highest BCUT2D eigenvalue weighted by Crippen LogP contribution is 2.17. The molecule has 0 aromatic carbocycles. The smallest absolute Gasteiger partial charge is 0.216 e. The van der Waals surface area contributed by atoms with Crippen LogP contribution in [0.1, 0.15) is 50.5 Å². The highest BCUT2D eigenvalue weighted by atomic mass is 16.5. The van der Waals surface area contributed by atoms with E-state index in [4.69, 9.17) is 4.74 Å². The molecule has 1 fully saturated rings. The normalized spacial score (nSPS) is 19.7. The molecule has 0 radical (unpaired) electrons. The third-order valence-electron chi connectivity index (χ3n) is 3.54. The van der Waals surface area contributed by atoms with E-state index in [2.05, 4.69) is 29.1 Å². The van der Waals surface area contributed by atoms with Gasteiger partial charge in [-0.15, -0.1) is 0 Å². The first-order valence-corrected chi connectivity index (χ1v) is 7.34. The molecule has 1 aliphatic rings. The van der Waals surface area contributed by atoms with E-state index in [0.717, 1.165) is 42.9 Å². The molecule has 0 bridgehead atoms. The topological polar surface area (TPSA) is 47.0 Å². The Labute approximate surface area is 116 Å². The number of piperidine rings is 1. The molecule has 1 saturated heterocycles. The van der Waals surface area contributed by atoms with Crippen molar-refractivity contribution in [1.82, 2.24) is 15.3 Å². The lowest BCUT2D eigenvalue weighted by Crippen LogP contribution is -2.30. The van der Waals surface area contributed by atoms with Crippen LogP contribution in [0, 0.1) is 12.8 Å². The van der Waals surface area contributed by atoms with Gasteiger partial charge in [0.1, 0.15) is 5.82 Å². The Kier molecular flexibility index (Phi) is 5.14. The molecular weight excluding hydrogens is 238 g/mol. The standard InChI is InChI=1S/C15H25N3O/c1-11(2)15-17-12(3)9-14(18-15)19-8-6-13-5-4-7-16-10-13/h9,11,13,16H,4-8,10H2,1-3H3. The zero-order chi connectivity index (χ0) is 13.7. The molecule has 0 aliphatic carbocycles. The number of aromatic nitrogens is 2. The number of hydrogen-bond donors (Lipinski definition) is 1. The molecule has 1 unspecified atom stereocenters. The van der Waals surface area contributed by atoms with Gasteiger partial charge in [-0.3, -0.25) is 0 Å². The van der Waals surface area contributed by atoms with Crippen LogP contribution in [0.15, 0.2) is 6.07 Å². The number of aryl methyl sites for hydroxylation is 1. The summed E-state index contributed by atoms with van der Waals surface area (Å²) in [6, 6.07) is 1.92. The van der Waals surface area contributed by atoms with E-state index in [1.54, 1.807) is 0 Å². The lowest BCUT2D eigenvalue weighted by atomic mass is 9.97. The largest absolute Gasteiger partial charge is 0.478 e. The van der Waals surface area contributed by atoms with Crippen molar-refractivity contribution >= 4 is 0 Å². The van der Waals surface area contributed by atoms with E-state index in [9.17, 15) is 0 Å². The Morgan fingerprint density at radius 2 is 2.26 bits per heavy atom. The van der Waals surface area contributed by atoms with Crippen LogP contribution in [0.3, 0.4) is 0 Å². The Bertz CT molecular complexity index is 400. The van der Waals surface area contributed by atoms with Crippen LogP contribution in [-0.2, 0) is 0 Å². The number of nitrogens with zero attached hydrogens (tertiary/aromatic N) is 2. The minimum atomic E-state index is 0.338. The van der Waals surface area contributed by atoms with Gasteiger partial charge < -0.3 is 10.1 Å². The van der Waals surface area contributed by atoms with Gasteiger partial charge in [-0.1, -0.05) is 13.8 Å². The van der Waals surface area contributed by atoms with Gasteiger partial charge in [0, 0.05) is 17.7 Å². The maximum absolute atomic E-state index is 5.80. The molecule has 2 rings (SSSR count). The quantitative estimate of drug-likeness (QED) is 0.887. The molecule has 1 aromatic heterocycles. The van der Waals surface area contributed by atoms with Crippen molar-refractivity contribution < 1.29 is 4.74 Å². The zero-order valence-electron chi connectivity index (χ0n) is 12.3. The fraction of sp³-hybridized carbons (Fsp3) is 0.733. The van der Waals surface area contributed by atoms with Crippen LogP contribution in [0.4, 0.5) is 0 Å². The van der Waals surface area contributed by atoms with Gasteiger partial charge in [-0.25, -0.2) is 4.98 Å². The summed E-state index contributed by atoms with van der Waals surface area (Å²) in [6.07, 6.45) is 3.71. The molecule has 0 saturated carbocycles. The van der Waals surface area contributed by atoms with Gasteiger partial charge >= 0.3 is 0 Å². The number of ether oxygens (including phenoxy) is 1. The first-order chi connectivity index (χ1) is 9.15. The highest BCUT2D eigenvalue weighted by molar-refractivity contribution is 5.16. The molecular formula is C15H25N3O. The molecule has 1 N–H and O–H groups in total. The molecule has 4 heteroatoms. The van der Waals surface area contributed by atoms with E-state index < -0.39 is 0 Å². The molecule has 19 heavy (non-hydrogen) atoms. The van der Waals surface area contributed by atoms with Crippen molar-refractivity contribution in [3.05, 3.63) is 17.6 Å². The van der Waals surface area contributed by atoms with Crippen molar-refractivity contribution in [2.45, 2.75) is 46.0 Å². The second-order valence-corrected chi connectivity index (χ2v) is 5.71. The first kappa shape index (κ1) is 14.3. The molecule has 2 heterocycles. The third kappa shape index (κ3) is 4.46. The minimum Gasteiger partial charge on any atom is -0.478 e. The minimum absolute atomic E-state index is 0.338. The number of nitrogens with one attached hydrogen (secondary N) is 1. The Hall–Kier alpha value is -1.16. The fourth-order valence-electron chi connectivity index (χ4n) is 2.39. The third-order valence-corrected chi connectivity index (χ3v) is 3.54. The Morgan fingerprint density at radius 1 is 1.42 bits per heavy atom. The predicted molar refractivity (Wildman–Crippen MR) is 76.6 cm³/mol. The maximum Gasteiger partial charge on any atom is 0.216 e. The van der Waals surface area contributed by atoms with E-state index in [1.165, 1.54) is 19.4 Å². The fourth-order valence-corrected chi connectivity index (χ4v) is 2.39. The molecule has 0 amide bonds. The average Bonchev–Trinajstić information content (AvgIpc) is 2.39. The molecule has 4 nitrogen and oxygen atoms in total. The Morgan fingerprint density at radius 3 is 2.95 bits per heavy atom. The van der Waals surface area contributed by atoms with Crippen molar-refractivity contribution in [2.24, 2.45) is 5.92 Å². The van der Waals surface area contributed by atoms with E-state index in [1.807, 2.05) is 13.0 Å². The molecule has 1 aromatic rings. The summed E-state index contributed by atoms with van der Waals surface area (Å²) in [4.78, 5) is 8.90. The summed E-state index contributed by atoms with van der Waals surface area (Å²) < 4.78 is 5.80. The van der Waals surface area contributed by atoms with Gasteiger partial charge in [-0.05, 0) is 45.2 Å². The summed E-state index contributed by atoms with van der Waals surface area (Å²) >= 11 is 0. The van der Waals surface area contributed by atoms with Crippen LogP contribution >= 0.6 is 0 Å². The van der Waals surface area contributed by atoms with Crippen molar-refractivity contribution in [1.29, 1.82) is 0 Å². The molecule has 106 valence electrons. The highest BCUT2D eigenvalue weighted by Gasteiger charge is 2.13. The summed E-state index contributed by atoms with van der Waals surface area (Å²) in [6.45, 7) is 9.24. The van der Waals surface area contributed by atoms with Gasteiger partial charge in [0.25, 0.3) is 0 Å². The summed E-state index contributed by atoms with van der Waals surface area (Å²) in [7, 11) is 0. The Balaban J connectivity index is 1.84. The van der Waals surface area contributed by atoms with Crippen LogP contribution in [-0.4, -0.2) is 29.7 Å². The summed E-state index contributed by atoms with van der Waals surface area (Å²) in [5, 5.41) is 3.44.